The van der Waals surface area contributed by atoms with E-state index in [1.165, 1.54) is 0 Å². The zero-order valence-corrected chi connectivity index (χ0v) is 22.5. The lowest BCUT2D eigenvalue weighted by Gasteiger charge is -2.36. The van der Waals surface area contributed by atoms with Crippen molar-refractivity contribution in [3.8, 4) is 0 Å². The van der Waals surface area contributed by atoms with Gasteiger partial charge in [-0.3, -0.25) is 9.69 Å². The number of carbonyl (C=O) groups excluding carboxylic acids is 2. The first-order valence-electron chi connectivity index (χ1n) is 12.0. The third-order valence-corrected chi connectivity index (χ3v) is 6.83. The maximum atomic E-state index is 13.0. The maximum absolute atomic E-state index is 13.0. The van der Waals surface area contributed by atoms with Gasteiger partial charge in [-0.15, -0.1) is 0 Å². The van der Waals surface area contributed by atoms with E-state index in [1.54, 1.807) is 9.80 Å². The van der Waals surface area contributed by atoms with E-state index in [0.29, 0.717) is 35.2 Å². The van der Waals surface area contributed by atoms with Crippen LogP contribution in [0.15, 0.2) is 48.5 Å². The lowest BCUT2D eigenvalue weighted by atomic mass is 9.94. The van der Waals surface area contributed by atoms with Gasteiger partial charge in [0, 0.05) is 51.3 Å². The van der Waals surface area contributed by atoms with Crippen molar-refractivity contribution in [1.82, 2.24) is 14.7 Å². The highest BCUT2D eigenvalue weighted by molar-refractivity contribution is 6.42. The van der Waals surface area contributed by atoms with Gasteiger partial charge in [-0.2, -0.15) is 0 Å². The van der Waals surface area contributed by atoms with Gasteiger partial charge in [0.1, 0.15) is 5.60 Å². The first kappa shape index (κ1) is 27.3. The predicted octanol–water partition coefficient (Wildman–Crippen LogP) is 5.79. The Morgan fingerprint density at radius 2 is 1.66 bits per heavy atom. The van der Waals surface area contributed by atoms with Crippen molar-refractivity contribution in [2.75, 3.05) is 46.3 Å². The van der Waals surface area contributed by atoms with E-state index in [2.05, 4.69) is 4.90 Å². The summed E-state index contributed by atoms with van der Waals surface area (Å²) >= 11 is 12.5. The topological polar surface area (TPSA) is 53.1 Å². The van der Waals surface area contributed by atoms with Crippen LogP contribution in [0.25, 0.3) is 0 Å². The zero-order valence-electron chi connectivity index (χ0n) is 21.0. The minimum absolute atomic E-state index is 0.0124. The van der Waals surface area contributed by atoms with Gasteiger partial charge in [-0.05, 0) is 63.6 Å². The Kier molecular flexibility index (Phi) is 9.45. The van der Waals surface area contributed by atoms with Crippen LogP contribution < -0.4 is 0 Å². The van der Waals surface area contributed by atoms with Crippen molar-refractivity contribution in [1.29, 1.82) is 0 Å². The molecule has 1 atom stereocenters. The number of hydrogen-bond acceptors (Lipinski definition) is 4. The summed E-state index contributed by atoms with van der Waals surface area (Å²) in [6.07, 6.45) is 0.587. The lowest BCUT2D eigenvalue weighted by Crippen LogP contribution is -2.50. The molecular weight excluding hydrogens is 485 g/mol. The van der Waals surface area contributed by atoms with Gasteiger partial charge in [0.2, 0.25) is 0 Å². The smallest absolute Gasteiger partial charge is 0.410 e. The molecule has 35 heavy (non-hydrogen) atoms. The number of hydrogen-bond donors (Lipinski definition) is 0. The summed E-state index contributed by atoms with van der Waals surface area (Å²) in [7, 11) is 1.83. The summed E-state index contributed by atoms with van der Waals surface area (Å²) in [5.74, 6) is 0.0768. The first-order chi connectivity index (χ1) is 16.5. The number of benzene rings is 2. The minimum Gasteiger partial charge on any atom is -0.444 e. The molecule has 1 aliphatic rings. The number of likely N-dealkylation sites (N-methyl/N-ethyl adjacent to an activating group) is 1. The molecule has 190 valence electrons. The third-order valence-electron chi connectivity index (χ3n) is 6.09. The Bertz CT molecular complexity index is 1000. The summed E-state index contributed by atoms with van der Waals surface area (Å²) in [5.41, 5.74) is 1.23. The van der Waals surface area contributed by atoms with Crippen LogP contribution in [-0.4, -0.2) is 78.6 Å². The molecule has 0 spiro atoms. The molecule has 2 amide bonds. The van der Waals surface area contributed by atoms with Gasteiger partial charge in [-0.25, -0.2) is 4.79 Å². The molecule has 2 aromatic rings. The SMILES string of the molecule is CN(C[C@@H](CCN1CCN(C(=O)OC(C)(C)C)CC1)c1ccc(Cl)c(Cl)c1)C(=O)c1ccccc1. The predicted molar refractivity (Wildman–Crippen MR) is 141 cm³/mol. The summed E-state index contributed by atoms with van der Waals surface area (Å²) in [6.45, 7) is 9.89. The van der Waals surface area contributed by atoms with Gasteiger partial charge in [0.25, 0.3) is 5.91 Å². The summed E-state index contributed by atoms with van der Waals surface area (Å²) < 4.78 is 5.50. The van der Waals surface area contributed by atoms with Crippen molar-refractivity contribution in [2.45, 2.75) is 38.7 Å². The number of halogens is 2. The van der Waals surface area contributed by atoms with Crippen LogP contribution in [0.4, 0.5) is 4.79 Å². The van der Waals surface area contributed by atoms with E-state index in [1.807, 2.05) is 76.3 Å². The second kappa shape index (κ2) is 12.1. The summed E-state index contributed by atoms with van der Waals surface area (Å²) in [5, 5.41) is 1.03. The highest BCUT2D eigenvalue weighted by Gasteiger charge is 2.27. The Labute approximate surface area is 218 Å². The zero-order chi connectivity index (χ0) is 25.6. The van der Waals surface area contributed by atoms with Gasteiger partial charge in [-0.1, -0.05) is 47.5 Å². The highest BCUT2D eigenvalue weighted by Crippen LogP contribution is 2.29. The van der Waals surface area contributed by atoms with Gasteiger partial charge in [0.15, 0.2) is 0 Å². The Hall–Kier alpha value is -2.28. The molecule has 3 rings (SSSR count). The monoisotopic (exact) mass is 519 g/mol. The van der Waals surface area contributed by atoms with Crippen LogP contribution in [0, 0.1) is 0 Å². The second-order valence-electron chi connectivity index (χ2n) is 10.0. The largest absolute Gasteiger partial charge is 0.444 e. The van der Waals surface area contributed by atoms with Crippen LogP contribution in [0.2, 0.25) is 10.0 Å². The quantitative estimate of drug-likeness (QED) is 0.464. The molecule has 8 heteroatoms. The van der Waals surface area contributed by atoms with Crippen LogP contribution >= 0.6 is 23.2 Å². The van der Waals surface area contributed by atoms with E-state index in [0.717, 1.165) is 31.6 Å². The Morgan fingerprint density at radius 3 is 2.26 bits per heavy atom. The molecule has 0 aliphatic carbocycles. The molecule has 0 saturated carbocycles. The van der Waals surface area contributed by atoms with Crippen molar-refractivity contribution < 1.29 is 14.3 Å². The maximum Gasteiger partial charge on any atom is 0.410 e. The van der Waals surface area contributed by atoms with Crippen LogP contribution in [0.3, 0.4) is 0 Å². The van der Waals surface area contributed by atoms with Crippen molar-refractivity contribution in [3.05, 3.63) is 69.7 Å². The molecule has 0 N–H and O–H groups in total. The molecule has 1 saturated heterocycles. The Morgan fingerprint density at radius 1 is 1.00 bits per heavy atom. The normalized spacial score (nSPS) is 15.5. The second-order valence-corrected chi connectivity index (χ2v) is 10.8. The van der Waals surface area contributed by atoms with E-state index >= 15 is 0 Å². The fourth-order valence-electron chi connectivity index (χ4n) is 4.16. The molecule has 0 aromatic heterocycles. The van der Waals surface area contributed by atoms with E-state index in [4.69, 9.17) is 27.9 Å². The van der Waals surface area contributed by atoms with Gasteiger partial charge >= 0.3 is 6.09 Å². The molecule has 0 unspecified atom stereocenters. The number of rotatable bonds is 7. The fraction of sp³-hybridized carbons (Fsp3) is 0.481. The molecule has 1 heterocycles. The number of carbonyl (C=O) groups is 2. The first-order valence-corrected chi connectivity index (χ1v) is 12.7. The van der Waals surface area contributed by atoms with E-state index < -0.39 is 5.60 Å². The third kappa shape index (κ3) is 8.13. The lowest BCUT2D eigenvalue weighted by molar-refractivity contribution is 0.0143. The summed E-state index contributed by atoms with van der Waals surface area (Å²) in [4.78, 5) is 31.2. The number of ether oxygens (including phenoxy) is 1. The molecule has 0 radical (unpaired) electrons. The minimum atomic E-state index is -0.496. The van der Waals surface area contributed by atoms with E-state index in [-0.39, 0.29) is 17.9 Å². The van der Waals surface area contributed by atoms with Crippen molar-refractivity contribution in [3.63, 3.8) is 0 Å². The molecule has 2 aromatic carbocycles. The number of nitrogens with zero attached hydrogens (tertiary/aromatic N) is 3. The van der Waals surface area contributed by atoms with Gasteiger partial charge in [0.05, 0.1) is 10.0 Å². The molecular formula is C27H35Cl2N3O3. The molecule has 1 aliphatic heterocycles. The highest BCUT2D eigenvalue weighted by atomic mass is 35.5. The molecule has 0 bridgehead atoms. The number of piperazine rings is 1. The van der Waals surface area contributed by atoms with Gasteiger partial charge < -0.3 is 14.5 Å². The van der Waals surface area contributed by atoms with Crippen LogP contribution in [0.1, 0.15) is 49.0 Å². The average molecular weight is 521 g/mol. The van der Waals surface area contributed by atoms with Crippen LogP contribution in [-0.2, 0) is 4.74 Å². The molecule has 1 fully saturated rings. The van der Waals surface area contributed by atoms with E-state index in [9.17, 15) is 9.59 Å². The standard InChI is InChI=1S/C27H35Cl2N3O3/c1-27(2,3)35-26(34)32-16-14-31(15-17-32)13-12-22(21-10-11-23(28)24(29)18-21)19-30(4)25(33)20-8-6-5-7-9-20/h5-11,18,22H,12-17,19H2,1-4H3/t22-/m1/s1. The van der Waals surface area contributed by atoms with Crippen molar-refractivity contribution in [2.24, 2.45) is 0 Å². The van der Waals surface area contributed by atoms with Crippen molar-refractivity contribution >= 4 is 35.2 Å². The number of amides is 2. The average Bonchev–Trinajstić information content (AvgIpc) is 2.82. The Balaban J connectivity index is 1.63. The summed E-state index contributed by atoms with van der Waals surface area (Å²) in [6, 6.07) is 15.0. The molecule has 6 nitrogen and oxygen atoms in total. The van der Waals surface area contributed by atoms with Crippen LogP contribution in [0.5, 0.6) is 0 Å². The fourth-order valence-corrected chi connectivity index (χ4v) is 4.47.